The molecule has 1 N–H and O–H groups in total. The maximum Gasteiger partial charge on any atom is 0.407 e. The molecule has 8 heteroatoms. The number of ether oxygens (including phenoxy) is 1. The highest BCUT2D eigenvalue weighted by molar-refractivity contribution is 5.94. The van der Waals surface area contributed by atoms with Crippen LogP contribution in [0.5, 0.6) is 0 Å². The molecule has 1 fully saturated rings. The van der Waals surface area contributed by atoms with Crippen LogP contribution in [0, 0.1) is 13.8 Å². The molecule has 0 aliphatic carbocycles. The number of carbonyl (C=O) groups is 2. The lowest BCUT2D eigenvalue weighted by Gasteiger charge is -2.36. The number of rotatable bonds is 4. The van der Waals surface area contributed by atoms with E-state index in [9.17, 15) is 9.59 Å². The minimum atomic E-state index is -0.551. The van der Waals surface area contributed by atoms with Crippen LogP contribution in [0.3, 0.4) is 0 Å². The van der Waals surface area contributed by atoms with Crippen LogP contribution in [0.4, 0.5) is 4.79 Å². The molecule has 0 bridgehead atoms. The molecule has 8 nitrogen and oxygen atoms in total. The molecule has 1 atom stereocenters. The van der Waals surface area contributed by atoms with Crippen molar-refractivity contribution in [3.63, 3.8) is 0 Å². The smallest absolute Gasteiger partial charge is 0.407 e. The van der Waals surface area contributed by atoms with Gasteiger partial charge in [-0.25, -0.2) is 14.5 Å². The van der Waals surface area contributed by atoms with Gasteiger partial charge >= 0.3 is 6.09 Å². The molecule has 1 aliphatic heterocycles. The zero-order valence-electron chi connectivity index (χ0n) is 18.4. The lowest BCUT2D eigenvalue weighted by atomic mass is 10.0. The second kappa shape index (κ2) is 8.85. The number of hydrogen-bond acceptors (Lipinski definition) is 5. The first-order valence-corrected chi connectivity index (χ1v) is 10.4. The lowest BCUT2D eigenvalue weighted by Crippen LogP contribution is -2.50. The molecule has 1 unspecified atom stereocenters. The van der Waals surface area contributed by atoms with Crippen molar-refractivity contribution in [2.24, 2.45) is 0 Å². The van der Waals surface area contributed by atoms with Gasteiger partial charge in [-0.3, -0.25) is 4.79 Å². The summed E-state index contributed by atoms with van der Waals surface area (Å²) < 4.78 is 7.07. The second-order valence-electron chi connectivity index (χ2n) is 8.77. The van der Waals surface area contributed by atoms with Crippen molar-refractivity contribution < 1.29 is 14.3 Å². The van der Waals surface area contributed by atoms with Gasteiger partial charge in [0, 0.05) is 31.0 Å². The SMILES string of the molecule is Cc1cc(C)n(-c2ccc(C(=O)N3CCCCC3CNC(=O)OC(C)(C)C)cn2)n1. The number of nitrogens with one attached hydrogen (secondary N) is 1. The third kappa shape index (κ3) is 5.37. The van der Waals surface area contributed by atoms with E-state index in [0.717, 1.165) is 30.7 Å². The van der Waals surface area contributed by atoms with Crippen LogP contribution in [-0.2, 0) is 4.74 Å². The summed E-state index contributed by atoms with van der Waals surface area (Å²) in [4.78, 5) is 31.4. The quantitative estimate of drug-likeness (QED) is 0.830. The fraction of sp³-hybridized carbons (Fsp3) is 0.545. The molecule has 0 aromatic carbocycles. The number of carbonyl (C=O) groups excluding carboxylic acids is 2. The van der Waals surface area contributed by atoms with E-state index < -0.39 is 11.7 Å². The van der Waals surface area contributed by atoms with Crippen molar-refractivity contribution >= 4 is 12.0 Å². The van der Waals surface area contributed by atoms with Crippen molar-refractivity contribution in [3.8, 4) is 5.82 Å². The third-order valence-corrected chi connectivity index (χ3v) is 4.99. The van der Waals surface area contributed by atoms with Gasteiger partial charge in [0.1, 0.15) is 5.60 Å². The number of aryl methyl sites for hydroxylation is 2. The average molecular weight is 414 g/mol. The molecule has 3 rings (SSSR count). The van der Waals surface area contributed by atoms with E-state index in [1.54, 1.807) is 16.9 Å². The Hall–Kier alpha value is -2.90. The Morgan fingerprint density at radius 3 is 2.60 bits per heavy atom. The van der Waals surface area contributed by atoms with Gasteiger partial charge in [0.2, 0.25) is 0 Å². The molecule has 2 aromatic heterocycles. The Morgan fingerprint density at radius 1 is 1.23 bits per heavy atom. The molecule has 30 heavy (non-hydrogen) atoms. The summed E-state index contributed by atoms with van der Waals surface area (Å²) in [5.74, 6) is 0.608. The van der Waals surface area contributed by atoms with Crippen LogP contribution >= 0.6 is 0 Å². The molecule has 0 spiro atoms. The predicted octanol–water partition coefficient (Wildman–Crippen LogP) is 3.40. The molecule has 1 saturated heterocycles. The average Bonchev–Trinajstić information content (AvgIpc) is 3.03. The van der Waals surface area contributed by atoms with Gasteiger partial charge in [-0.2, -0.15) is 5.10 Å². The van der Waals surface area contributed by atoms with Gasteiger partial charge in [0.25, 0.3) is 5.91 Å². The molecule has 3 heterocycles. The Labute approximate surface area is 177 Å². The van der Waals surface area contributed by atoms with E-state index in [-0.39, 0.29) is 11.9 Å². The third-order valence-electron chi connectivity index (χ3n) is 4.99. The highest BCUT2D eigenvalue weighted by atomic mass is 16.6. The molecular weight excluding hydrogens is 382 g/mol. The number of aromatic nitrogens is 3. The minimum Gasteiger partial charge on any atom is -0.444 e. The van der Waals surface area contributed by atoms with Crippen LogP contribution in [0.1, 0.15) is 61.8 Å². The van der Waals surface area contributed by atoms with Crippen LogP contribution in [-0.4, -0.2) is 56.4 Å². The molecule has 2 aromatic rings. The highest BCUT2D eigenvalue weighted by Crippen LogP contribution is 2.20. The summed E-state index contributed by atoms with van der Waals surface area (Å²) in [6.07, 6.45) is 3.96. The topological polar surface area (TPSA) is 89.4 Å². The molecule has 0 radical (unpaired) electrons. The fourth-order valence-electron chi connectivity index (χ4n) is 3.66. The number of nitrogens with zero attached hydrogens (tertiary/aromatic N) is 4. The van der Waals surface area contributed by atoms with Gasteiger partial charge < -0.3 is 15.0 Å². The van der Waals surface area contributed by atoms with E-state index >= 15 is 0 Å². The largest absolute Gasteiger partial charge is 0.444 e. The van der Waals surface area contributed by atoms with Gasteiger partial charge in [-0.15, -0.1) is 0 Å². The van der Waals surface area contributed by atoms with Gasteiger partial charge in [0.15, 0.2) is 5.82 Å². The number of likely N-dealkylation sites (tertiary alicyclic amines) is 1. The van der Waals surface area contributed by atoms with Crippen molar-refractivity contribution in [2.45, 2.75) is 65.5 Å². The summed E-state index contributed by atoms with van der Waals surface area (Å²) in [7, 11) is 0. The van der Waals surface area contributed by atoms with E-state index in [1.807, 2.05) is 51.7 Å². The van der Waals surface area contributed by atoms with Gasteiger partial charge in [0.05, 0.1) is 11.3 Å². The van der Waals surface area contributed by atoms with Crippen molar-refractivity contribution in [1.82, 2.24) is 25.0 Å². The minimum absolute atomic E-state index is 0.0607. The summed E-state index contributed by atoms with van der Waals surface area (Å²) >= 11 is 0. The standard InChI is InChI=1S/C22H31N5O3/c1-15-12-16(2)27(25-15)19-10-9-17(13-23-19)20(28)26-11-7-6-8-18(26)14-24-21(29)30-22(3,4)5/h9-10,12-13,18H,6-8,11,14H2,1-5H3,(H,24,29). The van der Waals surface area contributed by atoms with Crippen molar-refractivity contribution in [3.05, 3.63) is 41.3 Å². The number of piperidine rings is 1. The number of pyridine rings is 1. The Balaban J connectivity index is 1.67. The van der Waals surface area contributed by atoms with Crippen LogP contribution in [0.2, 0.25) is 0 Å². The van der Waals surface area contributed by atoms with Crippen LogP contribution < -0.4 is 5.32 Å². The summed E-state index contributed by atoms with van der Waals surface area (Å²) in [6.45, 7) is 10.4. The maximum absolute atomic E-state index is 13.1. The summed E-state index contributed by atoms with van der Waals surface area (Å²) in [5.41, 5.74) is 1.89. The van der Waals surface area contributed by atoms with E-state index in [2.05, 4.69) is 15.4 Å². The number of hydrogen-bond donors (Lipinski definition) is 1. The Morgan fingerprint density at radius 2 is 2.00 bits per heavy atom. The van der Waals surface area contributed by atoms with Crippen molar-refractivity contribution in [2.75, 3.05) is 13.1 Å². The maximum atomic E-state index is 13.1. The predicted molar refractivity (Wildman–Crippen MR) is 114 cm³/mol. The Bertz CT molecular complexity index is 898. The van der Waals surface area contributed by atoms with Gasteiger partial charge in [-0.05, 0) is 72.1 Å². The zero-order valence-corrected chi connectivity index (χ0v) is 18.4. The number of alkyl carbamates (subject to hydrolysis) is 1. The summed E-state index contributed by atoms with van der Waals surface area (Å²) in [5, 5.41) is 7.23. The molecule has 0 saturated carbocycles. The zero-order chi connectivity index (χ0) is 21.9. The lowest BCUT2D eigenvalue weighted by molar-refractivity contribution is 0.0462. The van der Waals surface area contributed by atoms with Gasteiger partial charge in [-0.1, -0.05) is 0 Å². The fourth-order valence-corrected chi connectivity index (χ4v) is 3.66. The first-order chi connectivity index (χ1) is 14.1. The van der Waals surface area contributed by atoms with Crippen molar-refractivity contribution in [1.29, 1.82) is 0 Å². The van der Waals surface area contributed by atoms with E-state index in [1.165, 1.54) is 0 Å². The number of amides is 2. The van der Waals surface area contributed by atoms with E-state index in [4.69, 9.17) is 4.74 Å². The monoisotopic (exact) mass is 413 g/mol. The molecule has 162 valence electrons. The molecule has 2 amide bonds. The molecular formula is C22H31N5O3. The van der Waals surface area contributed by atoms with Crippen LogP contribution in [0.25, 0.3) is 5.82 Å². The second-order valence-corrected chi connectivity index (χ2v) is 8.77. The Kier molecular flexibility index (Phi) is 6.43. The normalized spacial score (nSPS) is 17.0. The molecule has 1 aliphatic rings. The summed E-state index contributed by atoms with van der Waals surface area (Å²) in [6, 6.07) is 5.52. The first-order valence-electron chi connectivity index (χ1n) is 10.4. The van der Waals surface area contributed by atoms with E-state index in [0.29, 0.717) is 24.5 Å². The highest BCUT2D eigenvalue weighted by Gasteiger charge is 2.28. The van der Waals surface area contributed by atoms with Crippen LogP contribution in [0.15, 0.2) is 24.4 Å². The first kappa shape index (κ1) is 21.8.